The van der Waals surface area contributed by atoms with E-state index in [2.05, 4.69) is 103 Å². The predicted molar refractivity (Wildman–Crippen MR) is 274 cm³/mol. The molecule has 0 saturated carbocycles. The Hall–Kier alpha value is -7.48. The van der Waals surface area contributed by atoms with Crippen LogP contribution in [0.4, 0.5) is 24.5 Å². The van der Waals surface area contributed by atoms with E-state index in [9.17, 15) is 15.8 Å². The normalized spacial score (nSPS) is 20.9. The van der Waals surface area contributed by atoms with E-state index < -0.39 is 34.3 Å². The Labute approximate surface area is 411 Å². The number of rotatable bonds is 13. The highest BCUT2D eigenvalue weighted by atomic mass is 19.4. The largest absolute Gasteiger partial charge is 0.496 e. The highest BCUT2D eigenvalue weighted by Crippen LogP contribution is 2.56. The van der Waals surface area contributed by atoms with Gasteiger partial charge in [-0.05, 0) is 126 Å². The average molecular weight is 940 g/mol. The molecular formula is C60H60F3N5O2. The van der Waals surface area contributed by atoms with Crippen LogP contribution >= 0.6 is 0 Å². The molecule has 2 aliphatic carbocycles. The van der Waals surface area contributed by atoms with Crippen LogP contribution in [0.15, 0.2) is 167 Å². The molecule has 1 heterocycles. The van der Waals surface area contributed by atoms with Crippen molar-refractivity contribution < 1.29 is 22.6 Å². The molecule has 3 atom stereocenters. The summed E-state index contributed by atoms with van der Waals surface area (Å²) in [5.41, 5.74) is 5.71. The summed E-state index contributed by atoms with van der Waals surface area (Å²) in [5, 5.41) is 30.4. The molecule has 0 bridgehead atoms. The van der Waals surface area contributed by atoms with E-state index >= 15 is 13.2 Å². The first kappa shape index (κ1) is 50.4. The zero-order valence-electron chi connectivity index (χ0n) is 41.3. The van der Waals surface area contributed by atoms with E-state index in [-0.39, 0.29) is 11.0 Å². The maximum atomic E-state index is 16.0. The molecule has 0 aromatic heterocycles. The molecule has 7 nitrogen and oxygen atoms in total. The van der Waals surface area contributed by atoms with E-state index in [0.717, 1.165) is 87.4 Å². The molecule has 0 N–H and O–H groups in total. The number of hydrogen-bond acceptors (Lipinski definition) is 7. The van der Waals surface area contributed by atoms with Gasteiger partial charge in [0.2, 0.25) is 0 Å². The Morgan fingerprint density at radius 1 is 0.843 bits per heavy atom. The number of nitriles is 3. The van der Waals surface area contributed by atoms with Gasteiger partial charge in [-0.3, -0.25) is 0 Å². The Kier molecular flexibility index (Phi) is 15.1. The molecule has 4 aromatic carbocycles. The molecule has 358 valence electrons. The number of methoxy groups -OCH3 is 1. The number of anilines is 2. The summed E-state index contributed by atoms with van der Waals surface area (Å²) in [4.78, 5) is 4.12. The molecule has 0 spiro atoms. The van der Waals surface area contributed by atoms with Crippen molar-refractivity contribution in [3.8, 4) is 24.0 Å². The number of nitrogens with zero attached hydrogens (tertiary/aromatic N) is 5. The standard InChI is InChI=1S/C60H60F3N5O2/c1-9-41-33-40(3)35-58(10-2,36-41)54-34-46(25-32-55(54)69-8)56-44(23-30-51(42-19-26-49(27-20-42)67(4)5)43-21-28-50(29-22-43)68(6)7)15-14-16-45(56)24-31-53-52(39-66)57(47(37-64)38-65)70-59(53,60(61,62)63)48-17-12-11-13-18-48/h11-13,17-34,40H,9-10,14-16,35-36H2,1-8H3/b31-24+,44-23+. The summed E-state index contributed by atoms with van der Waals surface area (Å²) >= 11 is 0. The number of allylic oxidation sites excluding steroid dienone is 10. The van der Waals surface area contributed by atoms with Crippen LogP contribution < -0.4 is 14.5 Å². The molecule has 4 aromatic rings. The lowest BCUT2D eigenvalue weighted by Crippen LogP contribution is -2.43. The number of halogens is 3. The summed E-state index contributed by atoms with van der Waals surface area (Å²) in [5.74, 6) is 0.431. The third kappa shape index (κ3) is 9.72. The van der Waals surface area contributed by atoms with Gasteiger partial charge >= 0.3 is 6.18 Å². The number of hydrogen-bond donors (Lipinski definition) is 0. The Bertz CT molecular complexity index is 2900. The summed E-state index contributed by atoms with van der Waals surface area (Å²) < 4.78 is 59.8. The first-order chi connectivity index (χ1) is 33.6. The van der Waals surface area contributed by atoms with E-state index in [1.165, 1.54) is 35.9 Å². The molecule has 7 rings (SSSR count). The zero-order chi connectivity index (χ0) is 50.4. The molecule has 1 aliphatic heterocycles. The zero-order valence-corrected chi connectivity index (χ0v) is 41.3. The summed E-state index contributed by atoms with van der Waals surface area (Å²) in [6, 6.07) is 35.4. The monoisotopic (exact) mass is 939 g/mol. The summed E-state index contributed by atoms with van der Waals surface area (Å²) in [6.45, 7) is 6.69. The fourth-order valence-electron chi connectivity index (χ4n) is 10.5. The van der Waals surface area contributed by atoms with Gasteiger partial charge in [0.1, 0.15) is 29.5 Å². The van der Waals surface area contributed by atoms with E-state index in [1.54, 1.807) is 31.4 Å². The minimum absolute atomic E-state index is 0.224. The SMILES string of the molecule is CCC1=CC(C)CC(CC)(c2cc(C3=C(/C=C/C4=C(C#N)C(=C(C#N)C#N)OC4(c4ccccc4)C(F)(F)F)CCC/C3=C\C=C(c3ccc(N(C)C)cc3)c3ccc(N(C)C)cc3)ccc2OC)C1. The van der Waals surface area contributed by atoms with Crippen LogP contribution in [0.25, 0.3) is 11.1 Å². The summed E-state index contributed by atoms with van der Waals surface area (Å²) in [7, 11) is 9.73. The molecular weight excluding hydrogens is 880 g/mol. The van der Waals surface area contributed by atoms with Crippen molar-refractivity contribution in [2.24, 2.45) is 5.92 Å². The van der Waals surface area contributed by atoms with Gasteiger partial charge in [-0.15, -0.1) is 0 Å². The molecule has 3 unspecified atom stereocenters. The van der Waals surface area contributed by atoms with Gasteiger partial charge in [0, 0.05) is 61.7 Å². The van der Waals surface area contributed by atoms with Crippen molar-refractivity contribution in [1.29, 1.82) is 15.8 Å². The first-order valence-corrected chi connectivity index (χ1v) is 23.9. The minimum Gasteiger partial charge on any atom is -0.496 e. The van der Waals surface area contributed by atoms with Gasteiger partial charge in [-0.25, -0.2) is 0 Å². The van der Waals surface area contributed by atoms with Gasteiger partial charge < -0.3 is 19.3 Å². The third-order valence-electron chi connectivity index (χ3n) is 14.1. The van der Waals surface area contributed by atoms with E-state index in [1.807, 2.05) is 46.4 Å². The molecule has 0 fully saturated rings. The Balaban J connectivity index is 1.53. The molecule has 0 saturated heterocycles. The van der Waals surface area contributed by atoms with Crippen molar-refractivity contribution in [3.63, 3.8) is 0 Å². The number of ether oxygens (including phenoxy) is 2. The second-order valence-corrected chi connectivity index (χ2v) is 18.8. The van der Waals surface area contributed by atoms with Gasteiger partial charge in [-0.2, -0.15) is 29.0 Å². The van der Waals surface area contributed by atoms with Crippen LogP contribution in [-0.2, 0) is 15.8 Å². The maximum absolute atomic E-state index is 16.0. The van der Waals surface area contributed by atoms with Gasteiger partial charge in [0.15, 0.2) is 11.3 Å². The van der Waals surface area contributed by atoms with Crippen molar-refractivity contribution in [3.05, 3.63) is 194 Å². The highest BCUT2D eigenvalue weighted by molar-refractivity contribution is 5.87. The van der Waals surface area contributed by atoms with Crippen LogP contribution in [0.1, 0.15) is 93.5 Å². The van der Waals surface area contributed by atoms with Crippen LogP contribution in [0.3, 0.4) is 0 Å². The van der Waals surface area contributed by atoms with Gasteiger partial charge in [0.05, 0.1) is 7.11 Å². The van der Waals surface area contributed by atoms with Crippen LogP contribution in [0.5, 0.6) is 5.75 Å². The predicted octanol–water partition coefficient (Wildman–Crippen LogP) is 14.4. The van der Waals surface area contributed by atoms with Crippen LogP contribution in [-0.4, -0.2) is 41.5 Å². The fraction of sp³-hybridized carbons (Fsp3) is 0.317. The molecule has 0 radical (unpaired) electrons. The first-order valence-electron chi connectivity index (χ1n) is 23.9. The molecule has 0 amide bonds. The van der Waals surface area contributed by atoms with Crippen molar-refractivity contribution in [2.75, 3.05) is 45.1 Å². The van der Waals surface area contributed by atoms with E-state index in [0.29, 0.717) is 25.2 Å². The second kappa shape index (κ2) is 21.0. The number of alkyl halides is 3. The molecule has 3 aliphatic rings. The van der Waals surface area contributed by atoms with E-state index in [4.69, 9.17) is 9.47 Å². The summed E-state index contributed by atoms with van der Waals surface area (Å²) in [6.07, 6.45) is 10.1. The van der Waals surface area contributed by atoms with Crippen molar-refractivity contribution in [2.45, 2.75) is 82.9 Å². The van der Waals surface area contributed by atoms with Crippen LogP contribution in [0.2, 0.25) is 0 Å². The van der Waals surface area contributed by atoms with Crippen molar-refractivity contribution in [1.82, 2.24) is 0 Å². The topological polar surface area (TPSA) is 96.3 Å². The lowest BCUT2D eigenvalue weighted by molar-refractivity contribution is -0.249. The Morgan fingerprint density at radius 3 is 2.00 bits per heavy atom. The highest BCUT2D eigenvalue weighted by Gasteiger charge is 2.65. The molecule has 70 heavy (non-hydrogen) atoms. The smallest absolute Gasteiger partial charge is 0.437 e. The average Bonchev–Trinajstić information content (AvgIpc) is 3.71. The fourth-order valence-corrected chi connectivity index (χ4v) is 10.5. The lowest BCUT2D eigenvalue weighted by Gasteiger charge is -2.41. The van der Waals surface area contributed by atoms with Gasteiger partial charge in [-0.1, -0.05) is 117 Å². The Morgan fingerprint density at radius 2 is 1.47 bits per heavy atom. The minimum atomic E-state index is -5.12. The number of benzene rings is 4. The second-order valence-electron chi connectivity index (χ2n) is 18.8. The van der Waals surface area contributed by atoms with Crippen molar-refractivity contribution >= 4 is 22.5 Å². The lowest BCUT2D eigenvalue weighted by atomic mass is 9.64. The van der Waals surface area contributed by atoms with Crippen LogP contribution in [0, 0.1) is 39.9 Å². The third-order valence-corrected chi connectivity index (χ3v) is 14.1. The quantitative estimate of drug-likeness (QED) is 0.0973. The molecule has 10 heteroatoms. The van der Waals surface area contributed by atoms with Gasteiger partial charge in [0.25, 0.3) is 5.60 Å². The maximum Gasteiger partial charge on any atom is 0.437 e.